The number of Topliss-reactive ketones (excluding diaryl/α,β-unsaturated/α-hetero) is 1. The van der Waals surface area contributed by atoms with Gasteiger partial charge >= 0.3 is 5.97 Å². The van der Waals surface area contributed by atoms with Gasteiger partial charge in [0.05, 0.1) is 24.6 Å². The lowest BCUT2D eigenvalue weighted by Crippen LogP contribution is -2.46. The van der Waals surface area contributed by atoms with Gasteiger partial charge in [0.1, 0.15) is 0 Å². The van der Waals surface area contributed by atoms with Gasteiger partial charge in [-0.25, -0.2) is 16.4 Å². The average molecular weight is 605 g/mol. The van der Waals surface area contributed by atoms with Gasteiger partial charge in [0, 0.05) is 46.3 Å². The van der Waals surface area contributed by atoms with Gasteiger partial charge in [-0.3, -0.25) is 14.6 Å². The smallest absolute Gasteiger partial charge is 0.358 e. The number of imidazole rings is 1. The Morgan fingerprint density at radius 1 is 1.09 bits per heavy atom. The molecule has 0 saturated carbocycles. The summed E-state index contributed by atoms with van der Waals surface area (Å²) in [5.41, 5.74) is 5.86. The molecule has 12 heteroatoms. The van der Waals surface area contributed by atoms with Crippen LogP contribution in [0, 0.1) is 6.57 Å². The van der Waals surface area contributed by atoms with Gasteiger partial charge < -0.3 is 34.4 Å². The SMILES string of the molecule is CCOC(=O)c1cn(C2C=CN(C)CC2)cn1.CN(C)C(OC(C)(C)C)N(C)C.CN1C=CC(N)CC1.[C-]#[N+]CC(C)=O. The van der Waals surface area contributed by atoms with E-state index in [1.54, 1.807) is 19.4 Å². The maximum atomic E-state index is 11.5. The maximum absolute atomic E-state index is 11.5. The second kappa shape index (κ2) is 20.6. The molecule has 2 N–H and O–H groups in total. The van der Waals surface area contributed by atoms with Gasteiger partial charge in [0.25, 0.3) is 6.54 Å². The molecule has 0 bridgehead atoms. The van der Waals surface area contributed by atoms with Crippen LogP contribution in [-0.4, -0.2) is 127 Å². The summed E-state index contributed by atoms with van der Waals surface area (Å²) in [6.45, 7) is 18.0. The molecule has 0 aliphatic carbocycles. The lowest BCUT2D eigenvalue weighted by atomic mass is 10.1. The summed E-state index contributed by atoms with van der Waals surface area (Å²) in [5, 5.41) is 0. The molecule has 2 aliphatic rings. The van der Waals surface area contributed by atoms with E-state index in [0.29, 0.717) is 18.3 Å². The van der Waals surface area contributed by atoms with Gasteiger partial charge in [-0.1, -0.05) is 6.08 Å². The van der Waals surface area contributed by atoms with Crippen LogP contribution < -0.4 is 5.73 Å². The molecule has 0 aromatic carbocycles. The highest BCUT2D eigenvalue weighted by atomic mass is 16.5. The first kappa shape index (κ1) is 39.8. The Morgan fingerprint density at radius 2 is 1.65 bits per heavy atom. The summed E-state index contributed by atoms with van der Waals surface area (Å²) in [7, 11) is 12.1. The molecule has 3 rings (SSSR count). The Labute approximate surface area is 259 Å². The first-order chi connectivity index (χ1) is 20.0. The van der Waals surface area contributed by atoms with Crippen molar-refractivity contribution in [1.29, 1.82) is 0 Å². The fourth-order valence-electron chi connectivity index (χ4n) is 3.71. The quantitative estimate of drug-likeness (QED) is 0.283. The molecular formula is C31H56N8O4. The summed E-state index contributed by atoms with van der Waals surface area (Å²) >= 11 is 0. The van der Waals surface area contributed by atoms with Crippen molar-refractivity contribution < 1.29 is 19.1 Å². The van der Waals surface area contributed by atoms with E-state index >= 15 is 0 Å². The summed E-state index contributed by atoms with van der Waals surface area (Å²) in [6, 6.07) is 0.577. The van der Waals surface area contributed by atoms with Crippen molar-refractivity contribution >= 4 is 11.8 Å². The minimum atomic E-state index is -0.358. The third-order valence-corrected chi connectivity index (χ3v) is 5.86. The fraction of sp³-hybridized carbons (Fsp3) is 0.677. The molecule has 2 unspecified atom stereocenters. The van der Waals surface area contributed by atoms with Crippen LogP contribution in [0.3, 0.4) is 0 Å². The van der Waals surface area contributed by atoms with E-state index in [0.717, 1.165) is 25.9 Å². The third kappa shape index (κ3) is 18.8. The van der Waals surface area contributed by atoms with Crippen LogP contribution in [0.4, 0.5) is 0 Å². The lowest BCUT2D eigenvalue weighted by molar-refractivity contribution is -0.178. The lowest BCUT2D eigenvalue weighted by Gasteiger charge is -2.35. The Balaban J connectivity index is 0.000000593. The highest BCUT2D eigenvalue weighted by Crippen LogP contribution is 2.19. The summed E-state index contributed by atoms with van der Waals surface area (Å²) in [5.74, 6) is -0.423. The number of allylic oxidation sites excluding steroid dienone is 1. The molecule has 0 saturated heterocycles. The molecule has 1 aromatic heterocycles. The van der Waals surface area contributed by atoms with Crippen LogP contribution in [0.5, 0.6) is 0 Å². The van der Waals surface area contributed by atoms with Gasteiger partial charge in [-0.2, -0.15) is 0 Å². The molecule has 0 amide bonds. The van der Waals surface area contributed by atoms with Crippen molar-refractivity contribution in [1.82, 2.24) is 29.2 Å². The van der Waals surface area contributed by atoms with Crippen molar-refractivity contribution in [3.63, 3.8) is 0 Å². The number of rotatable bonds is 7. The van der Waals surface area contributed by atoms with E-state index in [9.17, 15) is 9.59 Å². The number of hydrogen-bond acceptors (Lipinski definition) is 10. The Morgan fingerprint density at radius 3 is 1.98 bits per heavy atom. The zero-order valence-electron chi connectivity index (χ0n) is 28.3. The second-order valence-corrected chi connectivity index (χ2v) is 11.9. The van der Waals surface area contributed by atoms with Crippen LogP contribution in [0.1, 0.15) is 64.0 Å². The zero-order valence-corrected chi connectivity index (χ0v) is 28.3. The summed E-state index contributed by atoms with van der Waals surface area (Å²) in [6.07, 6.45) is 13.8. The number of ketones is 1. The van der Waals surface area contributed by atoms with E-state index in [2.05, 4.69) is 59.7 Å². The second-order valence-electron chi connectivity index (χ2n) is 11.9. The zero-order chi connectivity index (χ0) is 33.2. The maximum Gasteiger partial charge on any atom is 0.358 e. The Kier molecular flexibility index (Phi) is 19.1. The number of nitrogens with two attached hydrogens (primary N) is 1. The van der Waals surface area contributed by atoms with Gasteiger partial charge in [-0.15, -0.1) is 0 Å². The monoisotopic (exact) mass is 604 g/mol. The van der Waals surface area contributed by atoms with Crippen LogP contribution in [-0.2, 0) is 14.3 Å². The largest absolute Gasteiger partial charge is 0.461 e. The normalized spacial score (nSPS) is 17.7. The van der Waals surface area contributed by atoms with E-state index < -0.39 is 0 Å². The Bertz CT molecular complexity index is 1020. The topological polar surface area (TPSA) is 114 Å². The van der Waals surface area contributed by atoms with E-state index in [1.807, 2.05) is 61.9 Å². The predicted molar refractivity (Wildman–Crippen MR) is 172 cm³/mol. The van der Waals surface area contributed by atoms with E-state index in [-0.39, 0.29) is 36.3 Å². The van der Waals surface area contributed by atoms with Gasteiger partial charge in [0.15, 0.2) is 12.0 Å². The molecule has 0 spiro atoms. The van der Waals surface area contributed by atoms with Crippen LogP contribution in [0.25, 0.3) is 4.85 Å². The molecule has 244 valence electrons. The van der Waals surface area contributed by atoms with E-state index in [4.69, 9.17) is 21.8 Å². The Hall–Kier alpha value is -3.24. The van der Waals surface area contributed by atoms with Crippen molar-refractivity contribution in [2.75, 3.05) is 68.5 Å². The third-order valence-electron chi connectivity index (χ3n) is 5.86. The number of aromatic nitrogens is 2. The number of hydrogen-bond donors (Lipinski definition) is 1. The number of nitrogens with zero attached hydrogens (tertiary/aromatic N) is 7. The van der Waals surface area contributed by atoms with Crippen LogP contribution >= 0.6 is 0 Å². The highest BCUT2D eigenvalue weighted by molar-refractivity contribution is 5.86. The number of carbonyl (C=O) groups is 2. The summed E-state index contributed by atoms with van der Waals surface area (Å²) in [4.78, 5) is 36.6. The molecule has 0 fully saturated rings. The van der Waals surface area contributed by atoms with Crippen LogP contribution in [0.15, 0.2) is 37.1 Å². The van der Waals surface area contributed by atoms with Gasteiger partial charge in [0.2, 0.25) is 5.78 Å². The van der Waals surface area contributed by atoms with E-state index in [1.165, 1.54) is 6.92 Å². The first-order valence-corrected chi connectivity index (χ1v) is 14.6. The van der Waals surface area contributed by atoms with Crippen molar-refractivity contribution in [2.45, 2.75) is 71.5 Å². The van der Waals surface area contributed by atoms with Crippen molar-refractivity contribution in [3.05, 3.63) is 54.2 Å². The molecule has 2 atom stereocenters. The minimum absolute atomic E-state index is 0.0278. The van der Waals surface area contributed by atoms with Crippen LogP contribution in [0.2, 0.25) is 0 Å². The van der Waals surface area contributed by atoms with Gasteiger partial charge in [-0.05, 0) is 87.2 Å². The molecule has 3 heterocycles. The minimum Gasteiger partial charge on any atom is -0.461 e. The van der Waals surface area contributed by atoms with Crippen molar-refractivity contribution in [3.8, 4) is 0 Å². The molecule has 1 aromatic rings. The molecule has 43 heavy (non-hydrogen) atoms. The molecule has 12 nitrogen and oxygen atoms in total. The first-order valence-electron chi connectivity index (χ1n) is 14.6. The summed E-state index contributed by atoms with van der Waals surface area (Å²) < 4.78 is 12.7. The number of esters is 1. The number of ether oxygens (including phenoxy) is 2. The average Bonchev–Trinajstić information content (AvgIpc) is 3.40. The highest BCUT2D eigenvalue weighted by Gasteiger charge is 2.22. The predicted octanol–water partition coefficient (Wildman–Crippen LogP) is 3.32. The molecule has 0 radical (unpaired) electrons. The fourth-order valence-corrected chi connectivity index (χ4v) is 3.71. The number of carbonyl (C=O) groups excluding carboxylic acids is 2. The molecule has 2 aliphatic heterocycles. The van der Waals surface area contributed by atoms with Crippen molar-refractivity contribution in [2.24, 2.45) is 5.73 Å². The standard InChI is InChI=1S/C12H17N3O2.C9H22N2O.C6H12N2.C4H5NO/c1-3-17-12(16)11-8-15(9-13-11)10-4-6-14(2)7-5-10;1-9(2,3)12-8(10(4)5)11(6)7;1-8-4-2-6(7)3-5-8;1-4(6)3-5-2/h4,6,8-10H,3,5,7H2,1-2H3;8H,1-7H3;2,4,6H,3,5,7H2,1H3;3H2,1H3. The molecular weight excluding hydrogens is 548 g/mol.